The van der Waals surface area contributed by atoms with Gasteiger partial charge in [0, 0.05) is 19.3 Å². The Bertz CT molecular complexity index is 495. The van der Waals surface area contributed by atoms with Crippen LogP contribution in [0, 0.1) is 5.92 Å². The Hall–Kier alpha value is -1.24. The maximum atomic E-state index is 12.4. The van der Waals surface area contributed by atoms with Crippen LogP contribution in [0.1, 0.15) is 52.9 Å². The highest BCUT2D eigenvalue weighted by Crippen LogP contribution is 2.29. The molecule has 0 radical (unpaired) electrons. The summed E-state index contributed by atoms with van der Waals surface area (Å²) in [6, 6.07) is -0.743. The van der Waals surface area contributed by atoms with E-state index in [4.69, 9.17) is 4.99 Å². The molecule has 0 aromatic carbocycles. The summed E-state index contributed by atoms with van der Waals surface area (Å²) in [5.41, 5.74) is 0. The molecule has 0 bridgehead atoms. The van der Waals surface area contributed by atoms with Gasteiger partial charge < -0.3 is 9.80 Å². The van der Waals surface area contributed by atoms with E-state index in [1.807, 2.05) is 0 Å². The van der Waals surface area contributed by atoms with Gasteiger partial charge in [0.25, 0.3) is 5.91 Å². The lowest BCUT2D eigenvalue weighted by molar-refractivity contribution is -0.127. The molecular weight excluding hydrogens is 324 g/mol. The molecule has 2 rings (SSSR count). The van der Waals surface area contributed by atoms with Crippen LogP contribution in [0.25, 0.3) is 0 Å². The van der Waals surface area contributed by atoms with Gasteiger partial charge in [0.15, 0.2) is 17.4 Å². The van der Waals surface area contributed by atoms with Crippen molar-refractivity contribution in [1.82, 2.24) is 15.1 Å². The number of nitrogens with zero attached hydrogens (tertiary/aromatic N) is 3. The van der Waals surface area contributed by atoms with E-state index in [1.165, 1.54) is 19.3 Å². The van der Waals surface area contributed by atoms with Gasteiger partial charge in [-0.1, -0.05) is 51.8 Å². The molecule has 1 fully saturated rings. The van der Waals surface area contributed by atoms with E-state index in [0.29, 0.717) is 5.92 Å². The largest absolute Gasteiger partial charge is 0.336 e. The van der Waals surface area contributed by atoms with E-state index in [9.17, 15) is 9.59 Å². The molecule has 136 valence electrons. The maximum Gasteiger partial charge on any atom is 0.325 e. The smallest absolute Gasteiger partial charge is 0.325 e. The van der Waals surface area contributed by atoms with Crippen LogP contribution in [-0.4, -0.2) is 58.5 Å². The van der Waals surface area contributed by atoms with Crippen LogP contribution in [0.2, 0.25) is 0 Å². The Balaban J connectivity index is 2.06. The zero-order valence-electron chi connectivity index (χ0n) is 15.2. The fourth-order valence-corrected chi connectivity index (χ4v) is 4.03. The van der Waals surface area contributed by atoms with Crippen molar-refractivity contribution in [1.29, 1.82) is 0 Å². The number of aliphatic imine (C=N–C) groups is 1. The number of amides is 3. The molecule has 0 saturated carbocycles. The van der Waals surface area contributed by atoms with Gasteiger partial charge in [0.1, 0.15) is 0 Å². The van der Waals surface area contributed by atoms with Crippen LogP contribution < -0.4 is 5.32 Å². The number of imide groups is 1. The average Bonchev–Trinajstić information content (AvgIpc) is 2.89. The molecular formula is C17H30N4O2S. The van der Waals surface area contributed by atoms with E-state index in [-0.39, 0.29) is 18.0 Å². The quantitative estimate of drug-likeness (QED) is 0.681. The minimum atomic E-state index is -0.392. The Morgan fingerprint density at radius 3 is 2.67 bits per heavy atom. The molecule has 24 heavy (non-hydrogen) atoms. The fourth-order valence-electron chi connectivity index (χ4n) is 2.95. The van der Waals surface area contributed by atoms with Gasteiger partial charge in [-0.3, -0.25) is 10.1 Å². The number of hydrogen-bond acceptors (Lipinski definition) is 5. The summed E-state index contributed by atoms with van der Waals surface area (Å²) in [6.07, 6.45) is 5.49. The first kappa shape index (κ1) is 19.1. The van der Waals surface area contributed by atoms with Crippen molar-refractivity contribution in [2.45, 2.75) is 65.1 Å². The maximum absolute atomic E-state index is 12.4. The van der Waals surface area contributed by atoms with Crippen LogP contribution in [0.5, 0.6) is 0 Å². The number of amidine groups is 1. The molecule has 0 aliphatic carbocycles. The standard InChI is InChI=1S/C17H30N4O2S/c1-5-6-7-8-11-24-17-18-14-13(21(17)10-9-12(2)3)15(22)19-16(23)20(14)4/h12-14H,5-11H2,1-4H3,(H,19,22,23). The molecule has 2 unspecified atom stereocenters. The van der Waals surface area contributed by atoms with Crippen LogP contribution in [-0.2, 0) is 4.79 Å². The molecule has 1 N–H and O–H groups in total. The van der Waals surface area contributed by atoms with Gasteiger partial charge in [-0.15, -0.1) is 0 Å². The Morgan fingerprint density at radius 1 is 1.25 bits per heavy atom. The predicted octanol–water partition coefficient (Wildman–Crippen LogP) is 2.89. The highest BCUT2D eigenvalue weighted by Gasteiger charge is 2.48. The van der Waals surface area contributed by atoms with Crippen LogP contribution in [0.4, 0.5) is 4.79 Å². The lowest BCUT2D eigenvalue weighted by atomic mass is 10.1. The van der Waals surface area contributed by atoms with Crippen LogP contribution in [0.15, 0.2) is 4.99 Å². The van der Waals surface area contributed by atoms with E-state index in [1.54, 1.807) is 23.7 Å². The van der Waals surface area contributed by atoms with Crippen LogP contribution in [0.3, 0.4) is 0 Å². The van der Waals surface area contributed by atoms with Gasteiger partial charge in [0.2, 0.25) is 0 Å². The number of thioether (sulfide) groups is 1. The van der Waals surface area contributed by atoms with Crippen molar-refractivity contribution in [3.63, 3.8) is 0 Å². The predicted molar refractivity (Wildman–Crippen MR) is 99.1 cm³/mol. The number of fused-ring (bicyclic) bond motifs is 1. The highest BCUT2D eigenvalue weighted by molar-refractivity contribution is 8.13. The van der Waals surface area contributed by atoms with Gasteiger partial charge in [-0.05, 0) is 18.8 Å². The van der Waals surface area contributed by atoms with Crippen molar-refractivity contribution >= 4 is 28.9 Å². The minimum Gasteiger partial charge on any atom is -0.336 e. The van der Waals surface area contributed by atoms with Gasteiger partial charge in [-0.25, -0.2) is 9.79 Å². The third-order valence-corrected chi connectivity index (χ3v) is 5.59. The molecule has 0 aromatic heterocycles. The van der Waals surface area contributed by atoms with Crippen molar-refractivity contribution in [2.75, 3.05) is 19.3 Å². The molecule has 2 heterocycles. The number of hydrogen-bond donors (Lipinski definition) is 1. The lowest BCUT2D eigenvalue weighted by Crippen LogP contribution is -2.63. The average molecular weight is 355 g/mol. The van der Waals surface area contributed by atoms with Crippen molar-refractivity contribution in [2.24, 2.45) is 10.9 Å². The second kappa shape index (κ2) is 8.74. The zero-order valence-corrected chi connectivity index (χ0v) is 16.1. The van der Waals surface area contributed by atoms with Crippen LogP contribution >= 0.6 is 11.8 Å². The summed E-state index contributed by atoms with van der Waals surface area (Å²) in [7, 11) is 1.71. The van der Waals surface area contributed by atoms with E-state index in [2.05, 4.69) is 31.0 Å². The number of likely N-dealkylation sites (N-methyl/N-ethyl adjacent to an activating group) is 1. The summed E-state index contributed by atoms with van der Waals surface area (Å²) in [4.78, 5) is 32.6. The summed E-state index contributed by atoms with van der Waals surface area (Å²) >= 11 is 1.72. The van der Waals surface area contributed by atoms with E-state index in [0.717, 1.165) is 30.3 Å². The number of urea groups is 1. The molecule has 2 aliphatic heterocycles. The summed E-state index contributed by atoms with van der Waals surface area (Å²) in [5.74, 6) is 1.35. The topological polar surface area (TPSA) is 65.0 Å². The van der Waals surface area contributed by atoms with Gasteiger partial charge >= 0.3 is 6.03 Å². The number of nitrogens with one attached hydrogen (secondary N) is 1. The van der Waals surface area contributed by atoms with Crippen molar-refractivity contribution in [3.8, 4) is 0 Å². The van der Waals surface area contributed by atoms with E-state index >= 15 is 0 Å². The molecule has 2 atom stereocenters. The molecule has 3 amide bonds. The molecule has 0 aromatic rings. The number of rotatable bonds is 8. The Morgan fingerprint density at radius 2 is 2.00 bits per heavy atom. The summed E-state index contributed by atoms with van der Waals surface area (Å²) < 4.78 is 0. The SMILES string of the molecule is CCCCCCSC1=NC2C(C(=O)NC(=O)N2C)N1CCC(C)C. The first-order valence-corrected chi connectivity index (χ1v) is 9.99. The molecule has 1 saturated heterocycles. The first-order valence-electron chi connectivity index (χ1n) is 9.00. The molecule has 2 aliphatic rings. The fraction of sp³-hybridized carbons (Fsp3) is 0.824. The van der Waals surface area contributed by atoms with Crippen molar-refractivity contribution < 1.29 is 9.59 Å². The highest BCUT2D eigenvalue weighted by atomic mass is 32.2. The van der Waals surface area contributed by atoms with Crippen molar-refractivity contribution in [3.05, 3.63) is 0 Å². The molecule has 6 nitrogen and oxygen atoms in total. The molecule has 7 heteroatoms. The second-order valence-corrected chi connectivity index (χ2v) is 8.02. The Labute approximate surface area is 149 Å². The minimum absolute atomic E-state index is 0.225. The zero-order chi connectivity index (χ0) is 17.7. The normalized spacial score (nSPS) is 23.6. The summed E-state index contributed by atoms with van der Waals surface area (Å²) in [6.45, 7) is 7.37. The second-order valence-electron chi connectivity index (χ2n) is 6.96. The number of carbonyl (C=O) groups is 2. The third kappa shape index (κ3) is 4.43. The molecule has 0 spiro atoms. The third-order valence-electron chi connectivity index (χ3n) is 4.50. The lowest BCUT2D eigenvalue weighted by Gasteiger charge is -2.36. The first-order chi connectivity index (χ1) is 11.5. The van der Waals surface area contributed by atoms with Gasteiger partial charge in [0.05, 0.1) is 0 Å². The van der Waals surface area contributed by atoms with E-state index < -0.39 is 6.17 Å². The monoisotopic (exact) mass is 354 g/mol. The van der Waals surface area contributed by atoms with Gasteiger partial charge in [-0.2, -0.15) is 0 Å². The Kier molecular flexibility index (Phi) is 6.95. The number of carbonyl (C=O) groups excluding carboxylic acids is 2. The summed E-state index contributed by atoms with van der Waals surface area (Å²) in [5, 5.41) is 3.36. The number of unbranched alkanes of at least 4 members (excludes halogenated alkanes) is 3.